The number of benzene rings is 1. The summed E-state index contributed by atoms with van der Waals surface area (Å²) in [6.45, 7) is 3.77. The Hall–Kier alpha value is -3.33. The topological polar surface area (TPSA) is 91.0 Å². The van der Waals surface area contributed by atoms with E-state index in [1.165, 1.54) is 30.5 Å². The highest BCUT2D eigenvalue weighted by Gasteiger charge is 2.36. The standard InChI is InChI=1S/C22H20ClF2N5O2/c1-3-18-21-13(7-20(31)28-29-21)6-11(2)30(18)22(32)27-17-9-15(23)14(8-16(17)24)12-4-5-19(25)26-10-12/h4-5,7-11,18H,3,6H2,1-2H3,(H,27,32)(H,28,31). The van der Waals surface area contributed by atoms with Gasteiger partial charge in [-0.1, -0.05) is 18.5 Å². The van der Waals surface area contributed by atoms with Gasteiger partial charge in [-0.2, -0.15) is 9.49 Å². The van der Waals surface area contributed by atoms with Crippen molar-refractivity contribution in [2.75, 3.05) is 5.32 Å². The lowest BCUT2D eigenvalue weighted by molar-refractivity contribution is 0.145. The van der Waals surface area contributed by atoms with Crippen molar-refractivity contribution >= 4 is 23.3 Å². The molecule has 2 N–H and O–H groups in total. The first-order valence-corrected chi connectivity index (χ1v) is 10.4. The molecule has 0 saturated carbocycles. The summed E-state index contributed by atoms with van der Waals surface area (Å²) < 4.78 is 27.9. The number of fused-ring (bicyclic) bond motifs is 1. The number of rotatable bonds is 3. The summed E-state index contributed by atoms with van der Waals surface area (Å²) >= 11 is 6.31. The lowest BCUT2D eigenvalue weighted by Crippen LogP contribution is -2.48. The highest BCUT2D eigenvalue weighted by molar-refractivity contribution is 6.33. The number of nitrogens with zero attached hydrogens (tertiary/aromatic N) is 3. The van der Waals surface area contributed by atoms with E-state index in [1.54, 1.807) is 4.90 Å². The Bertz CT molecular complexity index is 1230. The Morgan fingerprint density at radius 3 is 2.78 bits per heavy atom. The van der Waals surface area contributed by atoms with Crippen LogP contribution >= 0.6 is 11.6 Å². The van der Waals surface area contributed by atoms with Crippen LogP contribution in [0.25, 0.3) is 11.1 Å². The summed E-state index contributed by atoms with van der Waals surface area (Å²) in [5.74, 6) is -1.35. The number of pyridine rings is 1. The molecule has 2 atom stereocenters. The number of aromatic nitrogens is 3. The number of carbonyl (C=O) groups is 1. The molecule has 1 aliphatic rings. The average Bonchev–Trinajstić information content (AvgIpc) is 2.75. The first kappa shape index (κ1) is 21.9. The number of aromatic amines is 1. The van der Waals surface area contributed by atoms with Crippen LogP contribution in [-0.2, 0) is 6.42 Å². The number of H-pyrrole nitrogens is 1. The number of urea groups is 1. The largest absolute Gasteiger partial charge is 0.322 e. The van der Waals surface area contributed by atoms with Crippen molar-refractivity contribution in [3.05, 3.63) is 74.9 Å². The van der Waals surface area contributed by atoms with Crippen LogP contribution in [0.3, 0.4) is 0 Å². The van der Waals surface area contributed by atoms with Gasteiger partial charge in [-0.05, 0) is 49.6 Å². The normalized spacial score (nSPS) is 17.7. The van der Waals surface area contributed by atoms with E-state index in [1.807, 2.05) is 13.8 Å². The van der Waals surface area contributed by atoms with Gasteiger partial charge in [0.1, 0.15) is 5.82 Å². The molecule has 3 aromatic rings. The number of hydrogen-bond donors (Lipinski definition) is 2. The molecule has 0 aliphatic carbocycles. The van der Waals surface area contributed by atoms with Gasteiger partial charge in [0.15, 0.2) is 0 Å². The van der Waals surface area contributed by atoms with Gasteiger partial charge in [-0.25, -0.2) is 19.3 Å². The molecule has 0 radical (unpaired) electrons. The van der Waals surface area contributed by atoms with Gasteiger partial charge in [0, 0.05) is 29.4 Å². The van der Waals surface area contributed by atoms with E-state index in [9.17, 15) is 18.4 Å². The fraction of sp³-hybridized carbons (Fsp3) is 0.273. The SMILES string of the molecule is CCC1c2n[nH]c(=O)cc2CC(C)N1C(=O)Nc1cc(Cl)c(-c2ccc(F)nc2)cc1F. The van der Waals surface area contributed by atoms with Crippen LogP contribution in [0.4, 0.5) is 19.3 Å². The highest BCUT2D eigenvalue weighted by atomic mass is 35.5. The van der Waals surface area contributed by atoms with Gasteiger partial charge in [-0.15, -0.1) is 0 Å². The van der Waals surface area contributed by atoms with E-state index in [0.717, 1.165) is 11.6 Å². The second-order valence-electron chi connectivity index (χ2n) is 7.64. The summed E-state index contributed by atoms with van der Waals surface area (Å²) in [5.41, 5.74) is 1.81. The van der Waals surface area contributed by atoms with E-state index < -0.39 is 17.8 Å². The molecule has 2 unspecified atom stereocenters. The minimum absolute atomic E-state index is 0.0823. The number of amides is 2. The number of halogens is 3. The molecule has 7 nitrogen and oxygen atoms in total. The summed E-state index contributed by atoms with van der Waals surface area (Å²) in [4.78, 5) is 29.9. The molecule has 1 aromatic carbocycles. The third-order valence-corrected chi connectivity index (χ3v) is 5.83. The fourth-order valence-corrected chi connectivity index (χ4v) is 4.34. The van der Waals surface area contributed by atoms with Crippen molar-refractivity contribution < 1.29 is 13.6 Å². The first-order valence-electron chi connectivity index (χ1n) is 10.1. The molecule has 3 heterocycles. The third kappa shape index (κ3) is 4.08. The average molecular weight is 460 g/mol. The van der Waals surface area contributed by atoms with Crippen molar-refractivity contribution in [3.63, 3.8) is 0 Å². The Kier molecular flexibility index (Phi) is 5.92. The van der Waals surface area contributed by atoms with Crippen LogP contribution in [-0.4, -0.2) is 32.2 Å². The molecule has 0 spiro atoms. The maximum absolute atomic E-state index is 14.8. The maximum Gasteiger partial charge on any atom is 0.322 e. The number of anilines is 1. The second-order valence-corrected chi connectivity index (χ2v) is 8.05. The van der Waals surface area contributed by atoms with Crippen molar-refractivity contribution in [2.45, 2.75) is 38.8 Å². The maximum atomic E-state index is 14.8. The summed E-state index contributed by atoms with van der Waals surface area (Å²) in [6.07, 6.45) is 2.27. The number of nitrogens with one attached hydrogen (secondary N) is 2. The molecule has 4 rings (SSSR count). The lowest BCUT2D eigenvalue weighted by atomic mass is 9.92. The van der Waals surface area contributed by atoms with Gasteiger partial charge in [-0.3, -0.25) is 4.79 Å². The molecular weight excluding hydrogens is 440 g/mol. The summed E-state index contributed by atoms with van der Waals surface area (Å²) in [6, 6.07) is 5.46. The van der Waals surface area contributed by atoms with Crippen molar-refractivity contribution in [1.29, 1.82) is 0 Å². The molecule has 10 heteroatoms. The van der Waals surface area contributed by atoms with Crippen LogP contribution in [0.5, 0.6) is 0 Å². The van der Waals surface area contributed by atoms with Crippen molar-refractivity contribution in [3.8, 4) is 11.1 Å². The van der Waals surface area contributed by atoms with Gasteiger partial charge in [0.05, 0.1) is 22.4 Å². The van der Waals surface area contributed by atoms with Gasteiger partial charge in [0.2, 0.25) is 5.95 Å². The van der Waals surface area contributed by atoms with Crippen LogP contribution in [0.1, 0.15) is 37.6 Å². The van der Waals surface area contributed by atoms with Crippen LogP contribution in [0.15, 0.2) is 41.3 Å². The second kappa shape index (κ2) is 8.66. The van der Waals surface area contributed by atoms with E-state index in [0.29, 0.717) is 29.7 Å². The van der Waals surface area contributed by atoms with Gasteiger partial charge >= 0.3 is 6.03 Å². The van der Waals surface area contributed by atoms with E-state index in [-0.39, 0.29) is 28.4 Å². The minimum Gasteiger partial charge on any atom is -0.313 e. The Balaban J connectivity index is 1.62. The zero-order chi connectivity index (χ0) is 23.0. The number of carbonyl (C=O) groups excluding carboxylic acids is 1. The predicted octanol–water partition coefficient (Wildman–Crippen LogP) is 4.69. The summed E-state index contributed by atoms with van der Waals surface area (Å²) in [7, 11) is 0. The van der Waals surface area contributed by atoms with Gasteiger partial charge < -0.3 is 10.2 Å². The zero-order valence-corrected chi connectivity index (χ0v) is 18.1. The Morgan fingerprint density at radius 1 is 1.31 bits per heavy atom. The van der Waals surface area contributed by atoms with Crippen LogP contribution in [0, 0.1) is 11.8 Å². The molecule has 32 heavy (non-hydrogen) atoms. The van der Waals surface area contributed by atoms with E-state index in [4.69, 9.17) is 11.6 Å². The van der Waals surface area contributed by atoms with Crippen LogP contribution in [0.2, 0.25) is 5.02 Å². The molecule has 0 bridgehead atoms. The predicted molar refractivity (Wildman–Crippen MR) is 117 cm³/mol. The summed E-state index contributed by atoms with van der Waals surface area (Å²) in [5, 5.41) is 9.34. The third-order valence-electron chi connectivity index (χ3n) is 5.52. The Morgan fingerprint density at radius 2 is 2.09 bits per heavy atom. The fourth-order valence-electron chi connectivity index (χ4n) is 4.07. The number of hydrogen-bond acceptors (Lipinski definition) is 4. The first-order chi connectivity index (χ1) is 15.3. The smallest absolute Gasteiger partial charge is 0.313 e. The molecule has 166 valence electrons. The van der Waals surface area contributed by atoms with Crippen molar-refractivity contribution in [1.82, 2.24) is 20.1 Å². The monoisotopic (exact) mass is 459 g/mol. The minimum atomic E-state index is -0.692. The zero-order valence-electron chi connectivity index (χ0n) is 17.3. The van der Waals surface area contributed by atoms with E-state index in [2.05, 4.69) is 20.5 Å². The van der Waals surface area contributed by atoms with E-state index >= 15 is 0 Å². The Labute approximate surface area is 187 Å². The van der Waals surface area contributed by atoms with Crippen LogP contribution < -0.4 is 10.9 Å². The molecule has 0 saturated heterocycles. The molecule has 2 aromatic heterocycles. The van der Waals surface area contributed by atoms with Crippen molar-refractivity contribution in [2.24, 2.45) is 0 Å². The quantitative estimate of drug-likeness (QED) is 0.556. The molecule has 2 amide bonds. The molecule has 1 aliphatic heterocycles. The molecular formula is C22H20ClF2N5O2. The molecule has 0 fully saturated rings. The van der Waals surface area contributed by atoms with Gasteiger partial charge in [0.25, 0.3) is 5.56 Å². The lowest BCUT2D eigenvalue weighted by Gasteiger charge is -2.40. The highest BCUT2D eigenvalue weighted by Crippen LogP contribution is 2.35.